The van der Waals surface area contributed by atoms with Crippen LogP contribution in [0.3, 0.4) is 0 Å². The van der Waals surface area contributed by atoms with Crippen molar-refractivity contribution in [2.24, 2.45) is 16.7 Å². The maximum absolute atomic E-state index is 12.3. The minimum atomic E-state index is 0.0882. The summed E-state index contributed by atoms with van der Waals surface area (Å²) in [4.78, 5) is 13.1. The Morgan fingerprint density at radius 3 is 2.63 bits per heavy atom. The van der Waals surface area contributed by atoms with E-state index in [1.165, 1.54) is 24.2 Å². The van der Waals surface area contributed by atoms with Crippen molar-refractivity contribution in [2.45, 2.75) is 46.1 Å². The molecule has 1 amide bonds. The Morgan fingerprint density at radius 1 is 1.42 bits per heavy atom. The van der Waals surface area contributed by atoms with E-state index in [-0.39, 0.29) is 11.3 Å². The lowest BCUT2D eigenvalue weighted by atomic mass is 9.69. The molecule has 3 unspecified atom stereocenters. The van der Waals surface area contributed by atoms with Gasteiger partial charge in [0.2, 0.25) is 0 Å². The standard InChI is InChI=1S/C15H20BrNOS/c1-14(2)9-6-7-15(14,3)11(8-9)17-13(18)10-4-5-12(16)19-10/h4-5,9,11H,6-8H2,1-3H3,(H,17,18). The van der Waals surface area contributed by atoms with Crippen LogP contribution in [0, 0.1) is 16.7 Å². The smallest absolute Gasteiger partial charge is 0.261 e. The summed E-state index contributed by atoms with van der Waals surface area (Å²) in [5, 5.41) is 3.29. The molecule has 2 nitrogen and oxygen atoms in total. The summed E-state index contributed by atoms with van der Waals surface area (Å²) >= 11 is 4.92. The van der Waals surface area contributed by atoms with Crippen molar-refractivity contribution in [1.82, 2.24) is 5.32 Å². The van der Waals surface area contributed by atoms with Gasteiger partial charge >= 0.3 is 0 Å². The first-order valence-corrected chi connectivity index (χ1v) is 8.52. The van der Waals surface area contributed by atoms with Gasteiger partial charge < -0.3 is 5.32 Å². The van der Waals surface area contributed by atoms with Crippen LogP contribution in [0.5, 0.6) is 0 Å². The first kappa shape index (κ1) is 13.6. The molecule has 1 N–H and O–H groups in total. The van der Waals surface area contributed by atoms with Crippen LogP contribution in [0.2, 0.25) is 0 Å². The fourth-order valence-corrected chi connectivity index (χ4v) is 5.38. The first-order chi connectivity index (χ1) is 8.84. The lowest BCUT2D eigenvalue weighted by Crippen LogP contribution is -2.46. The number of carbonyl (C=O) groups excluding carboxylic acids is 1. The molecule has 0 radical (unpaired) electrons. The van der Waals surface area contributed by atoms with E-state index in [1.54, 1.807) is 0 Å². The maximum atomic E-state index is 12.3. The van der Waals surface area contributed by atoms with E-state index in [0.717, 1.165) is 21.0 Å². The highest BCUT2D eigenvalue weighted by Crippen LogP contribution is 2.65. The molecule has 2 aliphatic carbocycles. The topological polar surface area (TPSA) is 29.1 Å². The highest BCUT2D eigenvalue weighted by Gasteiger charge is 2.61. The van der Waals surface area contributed by atoms with Gasteiger partial charge in [0, 0.05) is 6.04 Å². The number of thiophene rings is 1. The van der Waals surface area contributed by atoms with Crippen LogP contribution >= 0.6 is 27.3 Å². The van der Waals surface area contributed by atoms with Crippen molar-refractivity contribution < 1.29 is 4.79 Å². The third kappa shape index (κ3) is 1.90. The minimum absolute atomic E-state index is 0.0882. The lowest BCUT2D eigenvalue weighted by molar-refractivity contribution is 0.0830. The molecule has 3 rings (SSSR count). The number of carbonyl (C=O) groups is 1. The van der Waals surface area contributed by atoms with Gasteiger partial charge in [-0.25, -0.2) is 0 Å². The van der Waals surface area contributed by atoms with Crippen LogP contribution in [0.4, 0.5) is 0 Å². The average Bonchev–Trinajstić information content (AvgIpc) is 2.91. The average molecular weight is 342 g/mol. The molecule has 0 aliphatic heterocycles. The molecule has 3 atom stereocenters. The van der Waals surface area contributed by atoms with Crippen LogP contribution in [0.15, 0.2) is 15.9 Å². The summed E-state index contributed by atoms with van der Waals surface area (Å²) in [5.74, 6) is 0.850. The molecule has 1 aromatic rings. The number of fused-ring (bicyclic) bond motifs is 2. The van der Waals surface area contributed by atoms with Gasteiger partial charge in [0.05, 0.1) is 8.66 Å². The number of hydrogen-bond acceptors (Lipinski definition) is 2. The van der Waals surface area contributed by atoms with E-state index >= 15 is 0 Å². The van der Waals surface area contributed by atoms with Gasteiger partial charge in [0.1, 0.15) is 0 Å². The predicted octanol–water partition coefficient (Wildman–Crippen LogP) is 4.46. The molecular formula is C15H20BrNOS. The Kier molecular flexibility index (Phi) is 3.10. The fraction of sp³-hybridized carbons (Fsp3) is 0.667. The second-order valence-corrected chi connectivity index (χ2v) is 9.20. The molecular weight excluding hydrogens is 322 g/mol. The normalized spacial score (nSPS) is 35.6. The number of amides is 1. The molecule has 4 heteroatoms. The van der Waals surface area contributed by atoms with Gasteiger partial charge in [-0.3, -0.25) is 4.79 Å². The highest BCUT2D eigenvalue weighted by molar-refractivity contribution is 9.11. The van der Waals surface area contributed by atoms with Crippen molar-refractivity contribution in [3.63, 3.8) is 0 Å². The first-order valence-electron chi connectivity index (χ1n) is 6.91. The van der Waals surface area contributed by atoms with E-state index < -0.39 is 0 Å². The third-order valence-corrected chi connectivity index (χ3v) is 7.52. The molecule has 0 aromatic carbocycles. The summed E-state index contributed by atoms with van der Waals surface area (Å²) in [6, 6.07) is 4.16. The highest BCUT2D eigenvalue weighted by atomic mass is 79.9. The summed E-state index contributed by atoms with van der Waals surface area (Å²) < 4.78 is 1.01. The molecule has 2 bridgehead atoms. The van der Waals surface area contributed by atoms with Crippen LogP contribution in [0.25, 0.3) is 0 Å². The number of nitrogens with one attached hydrogen (secondary N) is 1. The minimum Gasteiger partial charge on any atom is -0.348 e. The van der Waals surface area contributed by atoms with Gasteiger partial charge in [-0.2, -0.15) is 0 Å². The molecule has 0 saturated heterocycles. The number of halogens is 1. The molecule has 1 heterocycles. The van der Waals surface area contributed by atoms with Gasteiger partial charge in [-0.1, -0.05) is 20.8 Å². The van der Waals surface area contributed by atoms with Crippen LogP contribution in [-0.2, 0) is 0 Å². The second-order valence-electron chi connectivity index (χ2n) is 6.74. The Bertz CT molecular complexity index is 524. The zero-order valence-electron chi connectivity index (χ0n) is 11.6. The molecule has 2 aliphatic rings. The van der Waals surface area contributed by atoms with E-state index in [4.69, 9.17) is 0 Å². The summed E-state index contributed by atoms with van der Waals surface area (Å²) in [6.07, 6.45) is 3.70. The van der Waals surface area contributed by atoms with Crippen molar-refractivity contribution in [2.75, 3.05) is 0 Å². The summed E-state index contributed by atoms with van der Waals surface area (Å²) in [7, 11) is 0. The van der Waals surface area contributed by atoms with E-state index in [9.17, 15) is 4.79 Å². The SMILES string of the molecule is CC1(C)C2CCC1(C)C(NC(=O)c1ccc(Br)s1)C2. The van der Waals surface area contributed by atoms with Gasteiger partial charge in [0.25, 0.3) is 5.91 Å². The molecule has 104 valence electrons. The lowest BCUT2D eigenvalue weighted by Gasteiger charge is -2.39. The van der Waals surface area contributed by atoms with Crippen molar-refractivity contribution in [3.05, 3.63) is 20.8 Å². The van der Waals surface area contributed by atoms with Crippen LogP contribution in [0.1, 0.15) is 49.7 Å². The molecule has 0 spiro atoms. The third-order valence-electron chi connectivity index (χ3n) is 5.90. The predicted molar refractivity (Wildman–Crippen MR) is 82.5 cm³/mol. The quantitative estimate of drug-likeness (QED) is 0.845. The van der Waals surface area contributed by atoms with Gasteiger partial charge in [0.15, 0.2) is 0 Å². The molecule has 1 aromatic heterocycles. The van der Waals surface area contributed by atoms with Gasteiger partial charge in [-0.05, 0) is 64.1 Å². The second kappa shape index (κ2) is 4.32. The van der Waals surface area contributed by atoms with E-state index in [0.29, 0.717) is 11.5 Å². The fourth-order valence-electron chi connectivity index (χ4n) is 4.09. The Hall–Kier alpha value is -0.350. The molecule has 2 fully saturated rings. The Morgan fingerprint density at radius 2 is 2.16 bits per heavy atom. The van der Waals surface area contributed by atoms with Crippen molar-refractivity contribution in [3.8, 4) is 0 Å². The zero-order valence-corrected chi connectivity index (χ0v) is 14.0. The van der Waals surface area contributed by atoms with Crippen LogP contribution < -0.4 is 5.32 Å². The van der Waals surface area contributed by atoms with E-state index in [1.807, 2.05) is 12.1 Å². The van der Waals surface area contributed by atoms with Gasteiger partial charge in [-0.15, -0.1) is 11.3 Å². The number of hydrogen-bond donors (Lipinski definition) is 1. The maximum Gasteiger partial charge on any atom is 0.261 e. The Labute approximate surface area is 127 Å². The largest absolute Gasteiger partial charge is 0.348 e. The monoisotopic (exact) mass is 341 g/mol. The van der Waals surface area contributed by atoms with Crippen molar-refractivity contribution in [1.29, 1.82) is 0 Å². The zero-order chi connectivity index (χ0) is 13.8. The Balaban J connectivity index is 1.77. The van der Waals surface area contributed by atoms with E-state index in [2.05, 4.69) is 42.0 Å². The van der Waals surface area contributed by atoms with Crippen LogP contribution in [-0.4, -0.2) is 11.9 Å². The number of rotatable bonds is 2. The molecule has 19 heavy (non-hydrogen) atoms. The molecule has 2 saturated carbocycles. The van der Waals surface area contributed by atoms with Crippen molar-refractivity contribution >= 4 is 33.2 Å². The summed E-state index contributed by atoms with van der Waals surface area (Å²) in [6.45, 7) is 7.10. The summed E-state index contributed by atoms with van der Waals surface area (Å²) in [5.41, 5.74) is 0.600.